The summed E-state index contributed by atoms with van der Waals surface area (Å²) in [5.41, 5.74) is 0.843. The molecule has 1 fully saturated rings. The van der Waals surface area contributed by atoms with Crippen molar-refractivity contribution in [3.63, 3.8) is 0 Å². The van der Waals surface area contributed by atoms with Crippen LogP contribution in [0.2, 0.25) is 0 Å². The highest BCUT2D eigenvalue weighted by molar-refractivity contribution is 6.09. The molecule has 0 radical (unpaired) electrons. The molecule has 130 valence electrons. The molecule has 0 aliphatic carbocycles. The zero-order valence-electron chi connectivity index (χ0n) is 13.7. The molecule has 4 amide bonds. The van der Waals surface area contributed by atoms with Crippen molar-refractivity contribution in [2.45, 2.75) is 25.9 Å². The lowest BCUT2D eigenvalue weighted by Gasteiger charge is -2.28. The largest absolute Gasteiger partial charge is 0.348 e. The van der Waals surface area contributed by atoms with E-state index in [1.54, 1.807) is 35.3 Å². The van der Waals surface area contributed by atoms with Crippen molar-refractivity contribution >= 4 is 23.5 Å². The number of rotatable bonds is 5. The first kappa shape index (κ1) is 16.6. The number of carbonyl (C=O) groups is 3. The summed E-state index contributed by atoms with van der Waals surface area (Å²) in [6.45, 7) is 2.57. The van der Waals surface area contributed by atoms with Crippen molar-refractivity contribution in [1.29, 1.82) is 0 Å². The monoisotopic (exact) mass is 342 g/mol. The van der Waals surface area contributed by atoms with Gasteiger partial charge in [0.05, 0.1) is 17.8 Å². The summed E-state index contributed by atoms with van der Waals surface area (Å²) in [7, 11) is 0. The minimum absolute atomic E-state index is 0.181. The number of nitrogens with zero attached hydrogens (tertiary/aromatic N) is 4. The van der Waals surface area contributed by atoms with Gasteiger partial charge in [-0.25, -0.2) is 9.78 Å². The second-order valence-corrected chi connectivity index (χ2v) is 5.76. The molecule has 1 atom stereocenters. The van der Waals surface area contributed by atoms with E-state index in [9.17, 15) is 14.4 Å². The minimum atomic E-state index is -0.521. The SMILES string of the molecule is C[C@@H](Cn1cncn1)NC(=O)c1ccccc1N1CCC(=O)NC1=O. The fourth-order valence-electron chi connectivity index (χ4n) is 2.65. The molecule has 2 heterocycles. The Hall–Kier alpha value is -3.23. The number of benzene rings is 1. The van der Waals surface area contributed by atoms with E-state index in [0.717, 1.165) is 0 Å². The van der Waals surface area contributed by atoms with E-state index < -0.39 is 6.03 Å². The van der Waals surface area contributed by atoms with E-state index in [2.05, 4.69) is 20.7 Å². The summed E-state index contributed by atoms with van der Waals surface area (Å²) >= 11 is 0. The average Bonchev–Trinajstić information content (AvgIpc) is 3.07. The third kappa shape index (κ3) is 3.82. The molecule has 9 heteroatoms. The van der Waals surface area contributed by atoms with Gasteiger partial charge in [-0.05, 0) is 19.1 Å². The van der Waals surface area contributed by atoms with Crippen LogP contribution in [0, 0.1) is 0 Å². The zero-order valence-corrected chi connectivity index (χ0v) is 13.7. The predicted molar refractivity (Wildman–Crippen MR) is 88.9 cm³/mol. The fourth-order valence-corrected chi connectivity index (χ4v) is 2.65. The normalized spacial score (nSPS) is 15.6. The van der Waals surface area contributed by atoms with Crippen molar-refractivity contribution in [3.8, 4) is 0 Å². The molecule has 9 nitrogen and oxygen atoms in total. The summed E-state index contributed by atoms with van der Waals surface area (Å²) in [6, 6.07) is 6.11. The van der Waals surface area contributed by atoms with Crippen molar-refractivity contribution in [2.24, 2.45) is 0 Å². The molecular formula is C16H18N6O3. The number of carbonyl (C=O) groups excluding carboxylic acids is 3. The molecule has 1 aromatic heterocycles. The first-order valence-electron chi connectivity index (χ1n) is 7.88. The van der Waals surface area contributed by atoms with E-state index >= 15 is 0 Å². The topological polar surface area (TPSA) is 109 Å². The fraction of sp³-hybridized carbons (Fsp3) is 0.312. The highest BCUT2D eigenvalue weighted by Crippen LogP contribution is 2.22. The smallest absolute Gasteiger partial charge is 0.328 e. The number of urea groups is 1. The van der Waals surface area contributed by atoms with Crippen LogP contribution in [0.1, 0.15) is 23.7 Å². The Morgan fingerprint density at radius 3 is 2.88 bits per heavy atom. The van der Waals surface area contributed by atoms with Gasteiger partial charge in [0.2, 0.25) is 5.91 Å². The molecule has 1 aromatic carbocycles. The molecule has 2 N–H and O–H groups in total. The Balaban J connectivity index is 1.74. The van der Waals surface area contributed by atoms with Gasteiger partial charge in [0.1, 0.15) is 12.7 Å². The first-order chi connectivity index (χ1) is 12.0. The third-order valence-corrected chi connectivity index (χ3v) is 3.80. The number of anilines is 1. The van der Waals surface area contributed by atoms with Crippen LogP contribution in [0.15, 0.2) is 36.9 Å². The van der Waals surface area contributed by atoms with E-state index in [4.69, 9.17) is 0 Å². The number of para-hydroxylation sites is 1. The molecule has 1 aliphatic heterocycles. The van der Waals surface area contributed by atoms with E-state index in [0.29, 0.717) is 17.8 Å². The lowest BCUT2D eigenvalue weighted by atomic mass is 10.1. The predicted octanol–water partition coefficient (Wildman–Crippen LogP) is 0.543. The van der Waals surface area contributed by atoms with Crippen molar-refractivity contribution in [3.05, 3.63) is 42.5 Å². The van der Waals surface area contributed by atoms with Crippen LogP contribution in [0.4, 0.5) is 10.5 Å². The first-order valence-corrected chi connectivity index (χ1v) is 7.88. The van der Waals surface area contributed by atoms with Crippen molar-refractivity contribution < 1.29 is 14.4 Å². The van der Waals surface area contributed by atoms with Gasteiger partial charge in [-0.1, -0.05) is 12.1 Å². The van der Waals surface area contributed by atoms with Crippen LogP contribution in [-0.4, -0.2) is 45.2 Å². The van der Waals surface area contributed by atoms with Gasteiger partial charge >= 0.3 is 6.03 Å². The van der Waals surface area contributed by atoms with E-state index in [1.165, 1.54) is 11.2 Å². The van der Waals surface area contributed by atoms with Gasteiger partial charge in [0.15, 0.2) is 0 Å². The third-order valence-electron chi connectivity index (χ3n) is 3.80. The van der Waals surface area contributed by atoms with Crippen LogP contribution in [0.5, 0.6) is 0 Å². The number of hydrogen-bond donors (Lipinski definition) is 2. The zero-order chi connectivity index (χ0) is 17.8. The van der Waals surface area contributed by atoms with Crippen LogP contribution in [0.25, 0.3) is 0 Å². The highest BCUT2D eigenvalue weighted by Gasteiger charge is 2.27. The standard InChI is InChI=1S/C16H18N6O3/c1-11(8-21-10-17-9-18-21)19-15(24)12-4-2-3-5-13(12)22-7-6-14(23)20-16(22)25/h2-5,9-11H,6-8H2,1H3,(H,19,24)(H,20,23,25)/t11-/m0/s1. The Bertz CT molecular complexity index is 789. The van der Waals surface area contributed by atoms with Gasteiger partial charge in [0, 0.05) is 19.0 Å². The van der Waals surface area contributed by atoms with Crippen LogP contribution in [-0.2, 0) is 11.3 Å². The molecule has 1 aliphatic rings. The molecule has 25 heavy (non-hydrogen) atoms. The summed E-state index contributed by atoms with van der Waals surface area (Å²) in [4.78, 5) is 41.3. The maximum Gasteiger partial charge on any atom is 0.328 e. The second kappa shape index (κ2) is 7.12. The van der Waals surface area contributed by atoms with Gasteiger partial charge in [-0.2, -0.15) is 5.10 Å². The molecule has 0 spiro atoms. The Labute approximate surface area is 144 Å². The van der Waals surface area contributed by atoms with E-state index in [1.807, 2.05) is 6.92 Å². The lowest BCUT2D eigenvalue weighted by molar-refractivity contribution is -0.120. The molecule has 1 saturated heterocycles. The maximum atomic E-state index is 12.6. The highest BCUT2D eigenvalue weighted by atomic mass is 16.2. The van der Waals surface area contributed by atoms with Crippen molar-refractivity contribution in [1.82, 2.24) is 25.4 Å². The molecular weight excluding hydrogens is 324 g/mol. The summed E-state index contributed by atoms with van der Waals surface area (Å²) in [5.74, 6) is -0.613. The summed E-state index contributed by atoms with van der Waals surface area (Å²) < 4.78 is 1.63. The summed E-state index contributed by atoms with van der Waals surface area (Å²) in [5, 5.41) is 9.15. The molecule has 3 rings (SSSR count). The number of amides is 4. The van der Waals surface area contributed by atoms with Crippen LogP contribution >= 0.6 is 0 Å². The Morgan fingerprint density at radius 1 is 1.36 bits per heavy atom. The minimum Gasteiger partial charge on any atom is -0.348 e. The molecule has 0 unspecified atom stereocenters. The molecule has 0 saturated carbocycles. The maximum absolute atomic E-state index is 12.6. The van der Waals surface area contributed by atoms with Crippen LogP contribution < -0.4 is 15.5 Å². The Kier molecular flexibility index (Phi) is 4.73. The number of aromatic nitrogens is 3. The molecule has 2 aromatic rings. The van der Waals surface area contributed by atoms with Gasteiger partial charge < -0.3 is 5.32 Å². The van der Waals surface area contributed by atoms with Gasteiger partial charge in [0.25, 0.3) is 5.91 Å². The van der Waals surface area contributed by atoms with Crippen molar-refractivity contribution in [2.75, 3.05) is 11.4 Å². The quantitative estimate of drug-likeness (QED) is 0.824. The van der Waals surface area contributed by atoms with Gasteiger partial charge in [-0.15, -0.1) is 0 Å². The number of hydrogen-bond acceptors (Lipinski definition) is 5. The lowest BCUT2D eigenvalue weighted by Crippen LogP contribution is -2.50. The number of nitrogens with one attached hydrogen (secondary N) is 2. The second-order valence-electron chi connectivity index (χ2n) is 5.76. The average molecular weight is 342 g/mol. The van der Waals surface area contributed by atoms with E-state index in [-0.39, 0.29) is 30.8 Å². The summed E-state index contributed by atoms with van der Waals surface area (Å²) in [6.07, 6.45) is 3.20. The Morgan fingerprint density at radius 2 is 2.16 bits per heavy atom. The number of imide groups is 1. The van der Waals surface area contributed by atoms with Crippen LogP contribution in [0.3, 0.4) is 0 Å². The van der Waals surface area contributed by atoms with Gasteiger partial charge in [-0.3, -0.25) is 24.5 Å². The molecule has 0 bridgehead atoms.